The van der Waals surface area contributed by atoms with Crippen LogP contribution in [0.3, 0.4) is 0 Å². The summed E-state index contributed by atoms with van der Waals surface area (Å²) in [5, 5.41) is 7.88. The van der Waals surface area contributed by atoms with E-state index < -0.39 is 0 Å². The summed E-state index contributed by atoms with van der Waals surface area (Å²) in [4.78, 5) is 18.7. The van der Waals surface area contributed by atoms with E-state index in [0.29, 0.717) is 24.1 Å². The fraction of sp³-hybridized carbons (Fsp3) is 0.562. The number of rotatable bonds is 3. The predicted octanol–water partition coefficient (Wildman–Crippen LogP) is 2.36. The van der Waals surface area contributed by atoms with Gasteiger partial charge in [0.1, 0.15) is 6.10 Å². The normalized spacial score (nSPS) is 27.2. The summed E-state index contributed by atoms with van der Waals surface area (Å²) < 4.78 is 11.3. The standard InChI is InChI=1S/C16H19N3O3S/c1-10-17-16(22-18-10)14-7-12-8-19(4-2-13(12)21-14)15(20)6-11-3-5-23-9-11/h3,5,9,12-14H,2,4,6-8H2,1H3/t12-,13+,14+/m1/s1. The topological polar surface area (TPSA) is 68.5 Å². The molecule has 0 aromatic carbocycles. The molecule has 1 amide bonds. The molecule has 23 heavy (non-hydrogen) atoms. The number of piperidine rings is 1. The number of ether oxygens (including phenoxy) is 1. The van der Waals surface area contributed by atoms with E-state index in [4.69, 9.17) is 9.26 Å². The lowest BCUT2D eigenvalue weighted by Gasteiger charge is -2.34. The number of thiophene rings is 1. The third-order valence-corrected chi connectivity index (χ3v) is 5.36. The molecular weight excluding hydrogens is 314 g/mol. The summed E-state index contributed by atoms with van der Waals surface area (Å²) in [6, 6.07) is 2.02. The molecule has 122 valence electrons. The van der Waals surface area contributed by atoms with Crippen LogP contribution < -0.4 is 0 Å². The molecule has 2 aromatic heterocycles. The number of carbonyl (C=O) groups excluding carboxylic acids is 1. The van der Waals surface area contributed by atoms with Crippen LogP contribution in [0.1, 0.15) is 36.2 Å². The minimum atomic E-state index is -0.127. The predicted molar refractivity (Wildman–Crippen MR) is 84.0 cm³/mol. The Labute approximate surface area is 138 Å². The molecule has 0 unspecified atom stereocenters. The van der Waals surface area contributed by atoms with E-state index in [2.05, 4.69) is 10.1 Å². The highest BCUT2D eigenvalue weighted by Gasteiger charge is 2.42. The number of hydrogen-bond donors (Lipinski definition) is 0. The molecule has 4 heterocycles. The van der Waals surface area contributed by atoms with E-state index in [1.54, 1.807) is 18.3 Å². The molecule has 2 saturated heterocycles. The van der Waals surface area contributed by atoms with Crippen molar-refractivity contribution >= 4 is 17.2 Å². The number of fused-ring (bicyclic) bond motifs is 1. The van der Waals surface area contributed by atoms with E-state index in [0.717, 1.165) is 31.5 Å². The highest BCUT2D eigenvalue weighted by Crippen LogP contribution is 2.40. The quantitative estimate of drug-likeness (QED) is 0.862. The van der Waals surface area contributed by atoms with Crippen LogP contribution in [-0.4, -0.2) is 40.1 Å². The molecule has 2 fully saturated rings. The SMILES string of the molecule is Cc1noc([C@@H]2C[C@@H]3CN(C(=O)Cc4ccsc4)CC[C@@H]3O2)n1. The number of likely N-dealkylation sites (tertiary alicyclic amines) is 1. The number of aromatic nitrogens is 2. The largest absolute Gasteiger partial charge is 0.365 e. The van der Waals surface area contributed by atoms with Gasteiger partial charge in [0.25, 0.3) is 5.89 Å². The maximum Gasteiger partial charge on any atom is 0.255 e. The van der Waals surface area contributed by atoms with E-state index in [-0.39, 0.29) is 18.1 Å². The monoisotopic (exact) mass is 333 g/mol. The van der Waals surface area contributed by atoms with Gasteiger partial charge in [-0.1, -0.05) is 5.16 Å². The van der Waals surface area contributed by atoms with Crippen LogP contribution in [0.5, 0.6) is 0 Å². The van der Waals surface area contributed by atoms with Gasteiger partial charge in [-0.25, -0.2) is 0 Å². The van der Waals surface area contributed by atoms with Crippen molar-refractivity contribution < 1.29 is 14.1 Å². The van der Waals surface area contributed by atoms with Crippen LogP contribution in [0.4, 0.5) is 0 Å². The second-order valence-electron chi connectivity index (χ2n) is 6.28. The third kappa shape index (κ3) is 3.03. The molecule has 0 radical (unpaired) electrons. The van der Waals surface area contributed by atoms with Crippen molar-refractivity contribution in [2.45, 2.75) is 38.4 Å². The number of amides is 1. The Morgan fingerprint density at radius 1 is 1.52 bits per heavy atom. The lowest BCUT2D eigenvalue weighted by atomic mass is 9.92. The van der Waals surface area contributed by atoms with Gasteiger partial charge in [-0.05, 0) is 42.2 Å². The molecule has 0 bridgehead atoms. The van der Waals surface area contributed by atoms with Crippen LogP contribution in [0.2, 0.25) is 0 Å². The van der Waals surface area contributed by atoms with Gasteiger partial charge >= 0.3 is 0 Å². The van der Waals surface area contributed by atoms with Gasteiger partial charge in [-0.15, -0.1) is 0 Å². The first kappa shape index (κ1) is 14.8. The zero-order valence-corrected chi connectivity index (χ0v) is 13.8. The van der Waals surface area contributed by atoms with Crippen LogP contribution >= 0.6 is 11.3 Å². The lowest BCUT2D eigenvalue weighted by Crippen LogP contribution is -2.45. The zero-order valence-electron chi connectivity index (χ0n) is 13.0. The van der Waals surface area contributed by atoms with Crippen molar-refractivity contribution in [3.63, 3.8) is 0 Å². The first-order chi connectivity index (χ1) is 11.2. The molecule has 0 saturated carbocycles. The van der Waals surface area contributed by atoms with Gasteiger partial charge in [0.05, 0.1) is 12.5 Å². The van der Waals surface area contributed by atoms with Gasteiger partial charge in [0, 0.05) is 19.0 Å². The Balaban J connectivity index is 1.38. The fourth-order valence-corrected chi connectivity index (χ4v) is 4.14. The van der Waals surface area contributed by atoms with E-state index in [1.807, 2.05) is 21.7 Å². The summed E-state index contributed by atoms with van der Waals surface area (Å²) in [5.41, 5.74) is 1.10. The number of carbonyl (C=O) groups is 1. The van der Waals surface area contributed by atoms with Crippen molar-refractivity contribution in [1.29, 1.82) is 0 Å². The van der Waals surface area contributed by atoms with Crippen LogP contribution in [-0.2, 0) is 16.0 Å². The van der Waals surface area contributed by atoms with Crippen molar-refractivity contribution in [1.82, 2.24) is 15.0 Å². The van der Waals surface area contributed by atoms with Crippen molar-refractivity contribution in [3.05, 3.63) is 34.1 Å². The summed E-state index contributed by atoms with van der Waals surface area (Å²) in [6.07, 6.45) is 2.28. The molecule has 2 aromatic rings. The molecule has 0 aliphatic carbocycles. The summed E-state index contributed by atoms with van der Waals surface area (Å²) >= 11 is 1.63. The Morgan fingerprint density at radius 2 is 2.43 bits per heavy atom. The highest BCUT2D eigenvalue weighted by atomic mass is 32.1. The number of aryl methyl sites for hydroxylation is 1. The Hall–Kier alpha value is -1.73. The van der Waals surface area contributed by atoms with Gasteiger partial charge < -0.3 is 14.2 Å². The average Bonchev–Trinajstić information content (AvgIpc) is 3.25. The smallest absolute Gasteiger partial charge is 0.255 e. The van der Waals surface area contributed by atoms with Gasteiger partial charge in [-0.2, -0.15) is 16.3 Å². The second-order valence-corrected chi connectivity index (χ2v) is 7.06. The molecule has 6 nitrogen and oxygen atoms in total. The van der Waals surface area contributed by atoms with E-state index in [1.165, 1.54) is 0 Å². The molecule has 0 spiro atoms. The number of hydrogen-bond acceptors (Lipinski definition) is 6. The van der Waals surface area contributed by atoms with E-state index >= 15 is 0 Å². The summed E-state index contributed by atoms with van der Waals surface area (Å²) in [7, 11) is 0. The Kier molecular flexibility index (Phi) is 3.90. The minimum absolute atomic E-state index is 0.127. The van der Waals surface area contributed by atoms with Gasteiger partial charge in [0.2, 0.25) is 5.91 Å². The van der Waals surface area contributed by atoms with Crippen LogP contribution in [0.25, 0.3) is 0 Å². The fourth-order valence-electron chi connectivity index (χ4n) is 3.47. The van der Waals surface area contributed by atoms with Crippen molar-refractivity contribution in [2.24, 2.45) is 5.92 Å². The van der Waals surface area contributed by atoms with Crippen molar-refractivity contribution in [3.8, 4) is 0 Å². The Morgan fingerprint density at radius 3 is 3.17 bits per heavy atom. The van der Waals surface area contributed by atoms with Crippen LogP contribution in [0.15, 0.2) is 21.3 Å². The molecule has 7 heteroatoms. The second kappa shape index (κ2) is 6.05. The average molecular weight is 333 g/mol. The molecule has 3 atom stereocenters. The maximum atomic E-state index is 12.5. The minimum Gasteiger partial charge on any atom is -0.365 e. The maximum absolute atomic E-state index is 12.5. The number of nitrogens with zero attached hydrogens (tertiary/aromatic N) is 3. The summed E-state index contributed by atoms with van der Waals surface area (Å²) in [5.74, 6) is 1.76. The molecule has 2 aliphatic rings. The Bertz CT molecular complexity index is 685. The first-order valence-corrected chi connectivity index (χ1v) is 8.88. The van der Waals surface area contributed by atoms with Crippen LogP contribution in [0, 0.1) is 12.8 Å². The molecular formula is C16H19N3O3S. The van der Waals surface area contributed by atoms with Gasteiger partial charge in [0.15, 0.2) is 5.82 Å². The molecule has 0 N–H and O–H groups in total. The highest BCUT2D eigenvalue weighted by molar-refractivity contribution is 7.07. The lowest BCUT2D eigenvalue weighted by molar-refractivity contribution is -0.133. The molecule has 4 rings (SSSR count). The van der Waals surface area contributed by atoms with Gasteiger partial charge in [-0.3, -0.25) is 4.79 Å². The van der Waals surface area contributed by atoms with Crippen molar-refractivity contribution in [2.75, 3.05) is 13.1 Å². The molecule has 2 aliphatic heterocycles. The summed E-state index contributed by atoms with van der Waals surface area (Å²) in [6.45, 7) is 3.33. The zero-order chi connectivity index (χ0) is 15.8. The first-order valence-electron chi connectivity index (χ1n) is 7.93. The third-order valence-electron chi connectivity index (χ3n) is 4.63. The van der Waals surface area contributed by atoms with E-state index in [9.17, 15) is 4.79 Å².